The molecule has 104 valence electrons. The number of thioether (sulfide) groups is 1. The predicted molar refractivity (Wildman–Crippen MR) is 78.1 cm³/mol. The molecule has 0 heterocycles. The number of methoxy groups -OCH3 is 1. The average Bonchev–Trinajstić information content (AvgIpc) is 2.45. The maximum Gasteiger partial charge on any atom is 0.313 e. The van der Waals surface area contributed by atoms with Crippen molar-refractivity contribution in [2.45, 2.75) is 36.9 Å². The van der Waals surface area contributed by atoms with Crippen molar-refractivity contribution in [3.63, 3.8) is 0 Å². The van der Waals surface area contributed by atoms with Crippen LogP contribution in [0, 0.1) is 0 Å². The lowest BCUT2D eigenvalue weighted by Crippen LogP contribution is -2.21. The van der Waals surface area contributed by atoms with Crippen LogP contribution in [0.2, 0.25) is 0 Å². The molecule has 0 aliphatic heterocycles. The fourth-order valence-corrected chi connectivity index (χ4v) is 3.92. The van der Waals surface area contributed by atoms with Crippen molar-refractivity contribution in [1.29, 1.82) is 0 Å². The quantitative estimate of drug-likeness (QED) is 0.896. The second-order valence-corrected chi connectivity index (χ2v) is 6.13. The summed E-state index contributed by atoms with van der Waals surface area (Å²) in [5, 5.41) is 9.26. The average molecular weight is 280 g/mol. The minimum absolute atomic E-state index is 0.206. The van der Waals surface area contributed by atoms with Gasteiger partial charge in [0.1, 0.15) is 5.75 Å². The lowest BCUT2D eigenvalue weighted by Gasteiger charge is -2.31. The molecule has 0 aromatic heterocycles. The highest BCUT2D eigenvalue weighted by Crippen LogP contribution is 2.40. The molecule has 0 unspecified atom stereocenters. The summed E-state index contributed by atoms with van der Waals surface area (Å²) in [4.78, 5) is 10.7. The van der Waals surface area contributed by atoms with Gasteiger partial charge in [0, 0.05) is 5.25 Å². The molecule has 0 saturated heterocycles. The van der Waals surface area contributed by atoms with E-state index in [9.17, 15) is 4.79 Å². The molecule has 0 bridgehead atoms. The molecule has 0 spiro atoms. The van der Waals surface area contributed by atoms with Crippen LogP contribution in [0.4, 0.5) is 0 Å². The molecule has 1 aromatic carbocycles. The van der Waals surface area contributed by atoms with Gasteiger partial charge in [-0.3, -0.25) is 4.79 Å². The molecule has 0 radical (unpaired) electrons. The summed E-state index contributed by atoms with van der Waals surface area (Å²) in [5.41, 5.74) is 1.31. The van der Waals surface area contributed by atoms with Gasteiger partial charge in [-0.15, -0.1) is 11.8 Å². The second-order valence-electron chi connectivity index (χ2n) is 4.91. The van der Waals surface area contributed by atoms with E-state index in [1.165, 1.54) is 18.4 Å². The van der Waals surface area contributed by atoms with Gasteiger partial charge >= 0.3 is 5.97 Å². The van der Waals surface area contributed by atoms with Crippen LogP contribution in [0.3, 0.4) is 0 Å². The molecule has 1 aliphatic rings. The SMILES string of the molecule is COc1ccc([C@@H]2CCCC[C@@H]2SCC(=O)O)cc1. The fraction of sp³-hybridized carbons (Fsp3) is 0.533. The summed E-state index contributed by atoms with van der Waals surface area (Å²) >= 11 is 1.59. The van der Waals surface area contributed by atoms with Crippen LogP contribution in [0.5, 0.6) is 5.75 Å². The van der Waals surface area contributed by atoms with Gasteiger partial charge in [-0.1, -0.05) is 25.0 Å². The third kappa shape index (κ3) is 3.90. The van der Waals surface area contributed by atoms with E-state index < -0.39 is 5.97 Å². The van der Waals surface area contributed by atoms with Crippen molar-refractivity contribution in [2.24, 2.45) is 0 Å². The summed E-state index contributed by atoms with van der Waals surface area (Å²) in [5.74, 6) is 0.833. The molecule has 4 heteroatoms. The molecule has 2 atom stereocenters. The summed E-state index contributed by atoms with van der Waals surface area (Å²) < 4.78 is 5.18. The highest BCUT2D eigenvalue weighted by atomic mass is 32.2. The number of hydrogen-bond acceptors (Lipinski definition) is 3. The highest BCUT2D eigenvalue weighted by Gasteiger charge is 2.27. The van der Waals surface area contributed by atoms with Crippen molar-refractivity contribution >= 4 is 17.7 Å². The Morgan fingerprint density at radius 1 is 1.32 bits per heavy atom. The van der Waals surface area contributed by atoms with Gasteiger partial charge in [0.05, 0.1) is 12.9 Å². The number of rotatable bonds is 5. The van der Waals surface area contributed by atoms with Crippen molar-refractivity contribution in [3.8, 4) is 5.75 Å². The van der Waals surface area contributed by atoms with Gasteiger partial charge in [-0.25, -0.2) is 0 Å². The number of carboxylic acids is 1. The van der Waals surface area contributed by atoms with E-state index in [4.69, 9.17) is 9.84 Å². The number of aliphatic carboxylic acids is 1. The van der Waals surface area contributed by atoms with Crippen molar-refractivity contribution in [1.82, 2.24) is 0 Å². The van der Waals surface area contributed by atoms with E-state index in [0.717, 1.165) is 18.6 Å². The number of benzene rings is 1. The van der Waals surface area contributed by atoms with Gasteiger partial charge in [0.2, 0.25) is 0 Å². The molecule has 19 heavy (non-hydrogen) atoms. The van der Waals surface area contributed by atoms with Gasteiger partial charge < -0.3 is 9.84 Å². The minimum Gasteiger partial charge on any atom is -0.497 e. The van der Waals surface area contributed by atoms with E-state index in [1.807, 2.05) is 12.1 Å². The summed E-state index contributed by atoms with van der Waals surface area (Å²) in [7, 11) is 1.67. The van der Waals surface area contributed by atoms with E-state index in [0.29, 0.717) is 11.2 Å². The second kappa shape index (κ2) is 6.85. The Balaban J connectivity index is 2.06. The van der Waals surface area contributed by atoms with Crippen molar-refractivity contribution < 1.29 is 14.6 Å². The zero-order valence-corrected chi connectivity index (χ0v) is 12.0. The number of hydrogen-bond donors (Lipinski definition) is 1. The summed E-state index contributed by atoms with van der Waals surface area (Å²) in [6, 6.07) is 8.21. The smallest absolute Gasteiger partial charge is 0.313 e. The molecule has 1 N–H and O–H groups in total. The van der Waals surface area contributed by atoms with Gasteiger partial charge in [0.25, 0.3) is 0 Å². The van der Waals surface area contributed by atoms with Crippen LogP contribution in [-0.4, -0.2) is 29.2 Å². The first-order chi connectivity index (χ1) is 9.20. The summed E-state index contributed by atoms with van der Waals surface area (Å²) in [6.07, 6.45) is 4.73. The Morgan fingerprint density at radius 3 is 2.63 bits per heavy atom. The third-order valence-corrected chi connectivity index (χ3v) is 5.07. The van der Waals surface area contributed by atoms with Crippen molar-refractivity contribution in [3.05, 3.63) is 29.8 Å². The van der Waals surface area contributed by atoms with Crippen molar-refractivity contribution in [2.75, 3.05) is 12.9 Å². The molecule has 3 nitrogen and oxygen atoms in total. The van der Waals surface area contributed by atoms with Gasteiger partial charge in [-0.2, -0.15) is 0 Å². The highest BCUT2D eigenvalue weighted by molar-refractivity contribution is 8.00. The number of ether oxygens (including phenoxy) is 1. The van der Waals surface area contributed by atoms with Crippen LogP contribution >= 0.6 is 11.8 Å². The molecule has 1 aliphatic carbocycles. The largest absolute Gasteiger partial charge is 0.497 e. The predicted octanol–water partition coefficient (Wildman–Crippen LogP) is 3.54. The van der Waals surface area contributed by atoms with E-state index >= 15 is 0 Å². The van der Waals surface area contributed by atoms with E-state index in [-0.39, 0.29) is 5.75 Å². The first-order valence-electron chi connectivity index (χ1n) is 6.68. The zero-order valence-electron chi connectivity index (χ0n) is 11.2. The molecule has 1 saturated carbocycles. The Kier molecular flexibility index (Phi) is 5.14. The Morgan fingerprint density at radius 2 is 2.00 bits per heavy atom. The Bertz CT molecular complexity index is 416. The normalized spacial score (nSPS) is 23.0. The third-order valence-electron chi connectivity index (χ3n) is 3.67. The first-order valence-corrected chi connectivity index (χ1v) is 7.73. The fourth-order valence-electron chi connectivity index (χ4n) is 2.71. The standard InChI is InChI=1S/C15H20O3S/c1-18-12-8-6-11(7-9-12)13-4-2-3-5-14(13)19-10-15(16)17/h6-9,13-14H,2-5,10H2,1H3,(H,16,17)/t13-,14-/m0/s1. The van der Waals surface area contributed by atoms with Crippen LogP contribution in [0.1, 0.15) is 37.2 Å². The number of carbonyl (C=O) groups is 1. The van der Waals surface area contributed by atoms with Crippen LogP contribution in [0.25, 0.3) is 0 Å². The first kappa shape index (κ1) is 14.3. The lowest BCUT2D eigenvalue weighted by atomic mass is 9.83. The lowest BCUT2D eigenvalue weighted by molar-refractivity contribution is -0.133. The Hall–Kier alpha value is -1.16. The zero-order chi connectivity index (χ0) is 13.7. The molecular formula is C15H20O3S. The minimum atomic E-state index is -0.718. The molecular weight excluding hydrogens is 260 g/mol. The van der Waals surface area contributed by atoms with Gasteiger partial charge in [-0.05, 0) is 36.5 Å². The monoisotopic (exact) mass is 280 g/mol. The van der Waals surface area contributed by atoms with Gasteiger partial charge in [0.15, 0.2) is 0 Å². The molecule has 1 aromatic rings. The maximum atomic E-state index is 10.7. The van der Waals surface area contributed by atoms with Crippen LogP contribution in [0.15, 0.2) is 24.3 Å². The van der Waals surface area contributed by atoms with E-state index in [2.05, 4.69) is 12.1 Å². The van der Waals surface area contributed by atoms with Crippen LogP contribution in [-0.2, 0) is 4.79 Å². The van der Waals surface area contributed by atoms with E-state index in [1.54, 1.807) is 18.9 Å². The maximum absolute atomic E-state index is 10.7. The number of carboxylic acid groups (broad SMARTS) is 1. The molecule has 1 fully saturated rings. The van der Waals surface area contributed by atoms with Crippen LogP contribution < -0.4 is 4.74 Å². The Labute approximate surface area is 118 Å². The summed E-state index contributed by atoms with van der Waals surface area (Å²) in [6.45, 7) is 0. The molecule has 2 rings (SSSR count). The molecule has 0 amide bonds. The topological polar surface area (TPSA) is 46.5 Å².